The molecule has 0 aromatic heterocycles. The standard InChI is InChI=1S/C8H15NS.CH4/c1-2-5-9-6-3-4-8(10)7-9;/h2,8,10H,1,3-7H2;1H4. The van der Waals surface area contributed by atoms with E-state index in [1.807, 2.05) is 6.08 Å². The molecule has 11 heavy (non-hydrogen) atoms. The third-order valence-electron chi connectivity index (χ3n) is 1.87. The molecule has 66 valence electrons. The minimum atomic E-state index is 0. The van der Waals surface area contributed by atoms with Gasteiger partial charge in [-0.2, -0.15) is 12.6 Å². The summed E-state index contributed by atoms with van der Waals surface area (Å²) in [4.78, 5) is 2.40. The van der Waals surface area contributed by atoms with E-state index in [4.69, 9.17) is 0 Å². The van der Waals surface area contributed by atoms with Crippen LogP contribution in [0, 0.1) is 0 Å². The average molecular weight is 173 g/mol. The Balaban J connectivity index is 0.000001000. The van der Waals surface area contributed by atoms with Gasteiger partial charge in [0.05, 0.1) is 0 Å². The SMILES string of the molecule is C.C=CCN1CCCC(S)C1. The summed E-state index contributed by atoms with van der Waals surface area (Å²) in [6.07, 6.45) is 4.53. The van der Waals surface area contributed by atoms with Crippen molar-refractivity contribution in [1.82, 2.24) is 4.90 Å². The molecule has 1 nitrogen and oxygen atoms in total. The fourth-order valence-electron chi connectivity index (χ4n) is 1.38. The summed E-state index contributed by atoms with van der Waals surface area (Å²) in [5.41, 5.74) is 0. The first-order valence-electron chi connectivity index (χ1n) is 3.84. The Morgan fingerprint density at radius 3 is 2.91 bits per heavy atom. The van der Waals surface area contributed by atoms with E-state index < -0.39 is 0 Å². The number of rotatable bonds is 2. The maximum Gasteiger partial charge on any atom is 0.0161 e. The molecule has 0 N–H and O–H groups in total. The van der Waals surface area contributed by atoms with E-state index in [9.17, 15) is 0 Å². The van der Waals surface area contributed by atoms with E-state index in [1.165, 1.54) is 19.4 Å². The lowest BCUT2D eigenvalue weighted by Gasteiger charge is -2.28. The van der Waals surface area contributed by atoms with E-state index in [2.05, 4.69) is 24.1 Å². The van der Waals surface area contributed by atoms with Crippen molar-refractivity contribution in [3.05, 3.63) is 12.7 Å². The first-order chi connectivity index (χ1) is 4.83. The van der Waals surface area contributed by atoms with Gasteiger partial charge in [0.25, 0.3) is 0 Å². The Bertz CT molecular complexity index is 114. The Morgan fingerprint density at radius 2 is 2.36 bits per heavy atom. The predicted molar refractivity (Wildman–Crippen MR) is 55.4 cm³/mol. The molecule has 1 aliphatic rings. The van der Waals surface area contributed by atoms with Gasteiger partial charge in [-0.25, -0.2) is 0 Å². The summed E-state index contributed by atoms with van der Waals surface area (Å²) in [5, 5.41) is 0.591. The quantitative estimate of drug-likeness (QED) is 0.495. The van der Waals surface area contributed by atoms with Crippen molar-refractivity contribution in [3.63, 3.8) is 0 Å². The molecular formula is C9H19NS. The maximum atomic E-state index is 4.44. The Kier molecular flexibility index (Phi) is 5.69. The second-order valence-corrected chi connectivity index (χ2v) is 3.57. The normalized spacial score (nSPS) is 25.7. The lowest BCUT2D eigenvalue weighted by molar-refractivity contribution is 0.258. The van der Waals surface area contributed by atoms with Crippen molar-refractivity contribution in [2.45, 2.75) is 25.5 Å². The molecule has 1 unspecified atom stereocenters. The Labute approximate surface area is 75.9 Å². The average Bonchev–Trinajstić information content (AvgIpc) is 1.88. The molecule has 0 spiro atoms. The van der Waals surface area contributed by atoms with Crippen LogP contribution in [0.15, 0.2) is 12.7 Å². The van der Waals surface area contributed by atoms with Crippen LogP contribution in [0.1, 0.15) is 20.3 Å². The van der Waals surface area contributed by atoms with Gasteiger partial charge in [0.1, 0.15) is 0 Å². The number of hydrogen-bond acceptors (Lipinski definition) is 2. The minimum Gasteiger partial charge on any atom is -0.299 e. The first kappa shape index (κ1) is 11.1. The highest BCUT2D eigenvalue weighted by molar-refractivity contribution is 7.81. The lowest BCUT2D eigenvalue weighted by atomic mass is 10.1. The molecule has 2 heteroatoms. The molecular weight excluding hydrogens is 154 g/mol. The van der Waals surface area contributed by atoms with Crippen molar-refractivity contribution in [3.8, 4) is 0 Å². The van der Waals surface area contributed by atoms with Crippen molar-refractivity contribution in [1.29, 1.82) is 0 Å². The molecule has 0 aromatic carbocycles. The molecule has 0 aromatic rings. The second kappa shape index (κ2) is 5.67. The monoisotopic (exact) mass is 173 g/mol. The van der Waals surface area contributed by atoms with Gasteiger partial charge in [0, 0.05) is 18.3 Å². The fourth-order valence-corrected chi connectivity index (χ4v) is 1.79. The van der Waals surface area contributed by atoms with E-state index in [1.54, 1.807) is 0 Å². The van der Waals surface area contributed by atoms with Crippen molar-refractivity contribution in [2.24, 2.45) is 0 Å². The molecule has 0 saturated carbocycles. The number of nitrogens with zero attached hydrogens (tertiary/aromatic N) is 1. The van der Waals surface area contributed by atoms with Crippen LogP contribution in [-0.2, 0) is 0 Å². The van der Waals surface area contributed by atoms with Crippen LogP contribution < -0.4 is 0 Å². The number of thiol groups is 1. The smallest absolute Gasteiger partial charge is 0.0161 e. The van der Waals surface area contributed by atoms with Gasteiger partial charge in [0.15, 0.2) is 0 Å². The third-order valence-corrected chi connectivity index (χ3v) is 2.29. The van der Waals surface area contributed by atoms with E-state index in [-0.39, 0.29) is 7.43 Å². The van der Waals surface area contributed by atoms with Gasteiger partial charge in [-0.1, -0.05) is 13.5 Å². The van der Waals surface area contributed by atoms with Crippen LogP contribution in [0.3, 0.4) is 0 Å². The second-order valence-electron chi connectivity index (χ2n) is 2.84. The van der Waals surface area contributed by atoms with E-state index in [0.717, 1.165) is 13.1 Å². The van der Waals surface area contributed by atoms with Gasteiger partial charge in [-0.15, -0.1) is 6.58 Å². The molecule has 1 rings (SSSR count). The highest BCUT2D eigenvalue weighted by Crippen LogP contribution is 2.13. The lowest BCUT2D eigenvalue weighted by Crippen LogP contribution is -2.35. The zero-order chi connectivity index (χ0) is 7.40. The summed E-state index contributed by atoms with van der Waals surface area (Å²) < 4.78 is 0. The number of hydrogen-bond donors (Lipinski definition) is 1. The number of piperidine rings is 1. The Morgan fingerprint density at radius 1 is 1.64 bits per heavy atom. The summed E-state index contributed by atoms with van der Waals surface area (Å²) in [6, 6.07) is 0. The minimum absolute atomic E-state index is 0. The first-order valence-corrected chi connectivity index (χ1v) is 4.36. The van der Waals surface area contributed by atoms with Crippen molar-refractivity contribution < 1.29 is 0 Å². The molecule has 0 radical (unpaired) electrons. The van der Waals surface area contributed by atoms with Crippen LogP contribution in [0.5, 0.6) is 0 Å². The molecule has 1 atom stereocenters. The molecule has 0 aliphatic carbocycles. The van der Waals surface area contributed by atoms with Gasteiger partial charge < -0.3 is 0 Å². The van der Waals surface area contributed by atoms with Gasteiger partial charge in [0.2, 0.25) is 0 Å². The summed E-state index contributed by atoms with van der Waals surface area (Å²) >= 11 is 4.44. The largest absolute Gasteiger partial charge is 0.299 e. The highest BCUT2D eigenvalue weighted by atomic mass is 32.1. The summed E-state index contributed by atoms with van der Waals surface area (Å²) in [5.74, 6) is 0. The third kappa shape index (κ3) is 3.82. The molecule has 1 fully saturated rings. The number of likely N-dealkylation sites (tertiary alicyclic amines) is 1. The van der Waals surface area contributed by atoms with Crippen molar-refractivity contribution in [2.75, 3.05) is 19.6 Å². The van der Waals surface area contributed by atoms with Crippen LogP contribution in [0.25, 0.3) is 0 Å². The van der Waals surface area contributed by atoms with Crippen LogP contribution >= 0.6 is 12.6 Å². The van der Waals surface area contributed by atoms with E-state index in [0.29, 0.717) is 5.25 Å². The zero-order valence-corrected chi connectivity index (χ0v) is 7.19. The molecule has 1 heterocycles. The highest BCUT2D eigenvalue weighted by Gasteiger charge is 2.14. The summed E-state index contributed by atoms with van der Waals surface area (Å²) in [7, 11) is 0. The Hall–Kier alpha value is 0.0500. The predicted octanol–water partition coefficient (Wildman–Crippen LogP) is 2.20. The topological polar surface area (TPSA) is 3.24 Å². The van der Waals surface area contributed by atoms with Crippen LogP contribution in [-0.4, -0.2) is 29.8 Å². The molecule has 1 saturated heterocycles. The van der Waals surface area contributed by atoms with Crippen molar-refractivity contribution >= 4 is 12.6 Å². The zero-order valence-electron chi connectivity index (χ0n) is 6.29. The van der Waals surface area contributed by atoms with Crippen LogP contribution in [0.4, 0.5) is 0 Å². The molecule has 1 aliphatic heterocycles. The van der Waals surface area contributed by atoms with Gasteiger partial charge >= 0.3 is 0 Å². The maximum absolute atomic E-state index is 4.44. The molecule has 0 bridgehead atoms. The van der Waals surface area contributed by atoms with Gasteiger partial charge in [-0.3, -0.25) is 4.90 Å². The van der Waals surface area contributed by atoms with Gasteiger partial charge in [-0.05, 0) is 19.4 Å². The fraction of sp³-hybridized carbons (Fsp3) is 0.778. The summed E-state index contributed by atoms with van der Waals surface area (Å²) in [6.45, 7) is 7.10. The molecule has 0 amide bonds. The van der Waals surface area contributed by atoms with Crippen LogP contribution in [0.2, 0.25) is 0 Å². The van der Waals surface area contributed by atoms with E-state index >= 15 is 0 Å².